The molecule has 0 aliphatic carbocycles. The number of methoxy groups -OCH3 is 1. The molecule has 0 bridgehead atoms. The summed E-state index contributed by atoms with van der Waals surface area (Å²) in [6.07, 6.45) is 4.10. The third kappa shape index (κ3) is 4.35. The van der Waals surface area contributed by atoms with E-state index in [1.807, 2.05) is 58.1 Å². The molecule has 5 rings (SSSR count). The highest BCUT2D eigenvalue weighted by molar-refractivity contribution is 7.99. The molecule has 1 aliphatic heterocycles. The zero-order valence-corrected chi connectivity index (χ0v) is 19.6. The number of nitrogens with one attached hydrogen (secondary N) is 1. The fourth-order valence-corrected chi connectivity index (χ4v) is 5.11. The average Bonchev–Trinajstić information content (AvgIpc) is 3.47. The molecule has 0 radical (unpaired) electrons. The van der Waals surface area contributed by atoms with Crippen molar-refractivity contribution in [3.8, 4) is 22.8 Å². The van der Waals surface area contributed by atoms with Crippen LogP contribution in [0.15, 0.2) is 59.9 Å². The van der Waals surface area contributed by atoms with E-state index >= 15 is 0 Å². The SMILES string of the molecule is COc1cccc(-n2c(SCC(=O)N3CCC(C)CC3)nnc2-c2c[nH]c3ccccc23)c1. The van der Waals surface area contributed by atoms with Gasteiger partial charge in [0.1, 0.15) is 5.75 Å². The van der Waals surface area contributed by atoms with Gasteiger partial charge in [0.25, 0.3) is 0 Å². The molecule has 7 nitrogen and oxygen atoms in total. The molecule has 8 heteroatoms. The summed E-state index contributed by atoms with van der Waals surface area (Å²) < 4.78 is 7.46. The number of aromatic nitrogens is 4. The van der Waals surface area contributed by atoms with Crippen molar-refractivity contribution in [1.29, 1.82) is 0 Å². The van der Waals surface area contributed by atoms with E-state index in [2.05, 4.69) is 28.2 Å². The number of amides is 1. The molecular formula is C25H27N5O2S. The van der Waals surface area contributed by atoms with Gasteiger partial charge >= 0.3 is 0 Å². The number of hydrogen-bond donors (Lipinski definition) is 1. The molecule has 170 valence electrons. The first-order chi connectivity index (χ1) is 16.1. The molecular weight excluding hydrogens is 434 g/mol. The van der Waals surface area contributed by atoms with Gasteiger partial charge in [-0.15, -0.1) is 10.2 Å². The van der Waals surface area contributed by atoms with Crippen molar-refractivity contribution in [2.24, 2.45) is 5.92 Å². The quantitative estimate of drug-likeness (QED) is 0.419. The number of fused-ring (bicyclic) bond motifs is 1. The summed E-state index contributed by atoms with van der Waals surface area (Å²) in [6, 6.07) is 15.9. The van der Waals surface area contributed by atoms with Crippen molar-refractivity contribution in [3.63, 3.8) is 0 Å². The van der Waals surface area contributed by atoms with Crippen LogP contribution in [-0.4, -0.2) is 56.5 Å². The Balaban J connectivity index is 1.49. The van der Waals surface area contributed by atoms with Crippen LogP contribution in [0.25, 0.3) is 28.0 Å². The number of benzene rings is 2. The molecule has 2 aromatic carbocycles. The summed E-state index contributed by atoms with van der Waals surface area (Å²) in [7, 11) is 1.65. The number of hydrogen-bond acceptors (Lipinski definition) is 5. The first-order valence-electron chi connectivity index (χ1n) is 11.2. The zero-order chi connectivity index (χ0) is 22.8. The van der Waals surface area contributed by atoms with Gasteiger partial charge in [-0.05, 0) is 37.0 Å². The number of nitrogens with zero attached hydrogens (tertiary/aromatic N) is 4. The maximum atomic E-state index is 12.9. The molecule has 1 amide bonds. The molecule has 0 atom stereocenters. The fraction of sp³-hybridized carbons (Fsp3) is 0.320. The van der Waals surface area contributed by atoms with Crippen LogP contribution in [0.1, 0.15) is 19.8 Å². The van der Waals surface area contributed by atoms with Crippen molar-refractivity contribution in [2.45, 2.75) is 24.9 Å². The van der Waals surface area contributed by atoms with Crippen molar-refractivity contribution in [1.82, 2.24) is 24.6 Å². The van der Waals surface area contributed by atoms with E-state index in [0.717, 1.165) is 59.7 Å². The maximum Gasteiger partial charge on any atom is 0.233 e. The summed E-state index contributed by atoms with van der Waals surface area (Å²) in [4.78, 5) is 18.2. The molecule has 0 saturated carbocycles. The topological polar surface area (TPSA) is 76.0 Å². The van der Waals surface area contributed by atoms with E-state index in [-0.39, 0.29) is 5.91 Å². The Morgan fingerprint density at radius 2 is 1.97 bits per heavy atom. The summed E-state index contributed by atoms with van der Waals surface area (Å²) in [5.41, 5.74) is 2.89. The standard InChI is InChI=1S/C25H27N5O2S/c1-17-10-12-29(13-11-17)23(31)16-33-25-28-27-24(21-15-26-22-9-4-3-8-20(21)22)30(25)18-6-5-7-19(14-18)32-2/h3-9,14-15,17,26H,10-13,16H2,1-2H3. The van der Waals surface area contributed by atoms with Gasteiger partial charge in [-0.2, -0.15) is 0 Å². The van der Waals surface area contributed by atoms with Gasteiger partial charge in [0.2, 0.25) is 5.91 Å². The van der Waals surface area contributed by atoms with Crippen molar-refractivity contribution in [2.75, 3.05) is 26.0 Å². The largest absolute Gasteiger partial charge is 0.497 e. The lowest BCUT2D eigenvalue weighted by Gasteiger charge is -2.30. The van der Waals surface area contributed by atoms with Crippen LogP contribution in [0.2, 0.25) is 0 Å². The van der Waals surface area contributed by atoms with Gasteiger partial charge in [0.05, 0.1) is 18.6 Å². The smallest absolute Gasteiger partial charge is 0.233 e. The predicted molar refractivity (Wildman–Crippen MR) is 131 cm³/mol. The van der Waals surface area contributed by atoms with Crippen LogP contribution in [0.3, 0.4) is 0 Å². The van der Waals surface area contributed by atoms with E-state index in [4.69, 9.17) is 4.74 Å². The Hall–Kier alpha value is -3.26. The number of likely N-dealkylation sites (tertiary alicyclic amines) is 1. The summed E-state index contributed by atoms with van der Waals surface area (Å²) >= 11 is 1.43. The van der Waals surface area contributed by atoms with E-state index in [0.29, 0.717) is 16.8 Å². The number of H-pyrrole nitrogens is 1. The lowest BCUT2D eigenvalue weighted by atomic mass is 9.99. The minimum atomic E-state index is 0.153. The normalized spacial score (nSPS) is 14.7. The predicted octanol–water partition coefficient (Wildman–Crippen LogP) is 4.77. The van der Waals surface area contributed by atoms with Gasteiger partial charge in [-0.1, -0.05) is 43.0 Å². The highest BCUT2D eigenvalue weighted by Crippen LogP contribution is 2.33. The number of ether oxygens (including phenoxy) is 1. The number of carbonyl (C=O) groups is 1. The number of piperidine rings is 1. The first-order valence-corrected chi connectivity index (χ1v) is 12.2. The third-order valence-electron chi connectivity index (χ3n) is 6.24. The molecule has 0 spiro atoms. The van der Waals surface area contributed by atoms with Crippen LogP contribution in [0.4, 0.5) is 0 Å². The Labute approximate surface area is 197 Å². The minimum Gasteiger partial charge on any atom is -0.497 e. The van der Waals surface area contributed by atoms with Gasteiger partial charge in [-0.25, -0.2) is 0 Å². The number of carbonyl (C=O) groups excluding carboxylic acids is 1. The molecule has 1 fully saturated rings. The van der Waals surface area contributed by atoms with Crippen LogP contribution in [-0.2, 0) is 4.79 Å². The molecule has 1 saturated heterocycles. The molecule has 1 N–H and O–H groups in total. The first kappa shape index (κ1) is 21.6. The number of para-hydroxylation sites is 1. The zero-order valence-electron chi connectivity index (χ0n) is 18.8. The Kier molecular flexibility index (Phi) is 6.09. The van der Waals surface area contributed by atoms with Crippen LogP contribution >= 0.6 is 11.8 Å². The van der Waals surface area contributed by atoms with Crippen molar-refractivity contribution < 1.29 is 9.53 Å². The fourth-order valence-electron chi connectivity index (χ4n) is 4.25. The van der Waals surface area contributed by atoms with E-state index in [1.165, 1.54) is 11.8 Å². The highest BCUT2D eigenvalue weighted by Gasteiger charge is 2.23. The van der Waals surface area contributed by atoms with E-state index < -0.39 is 0 Å². The van der Waals surface area contributed by atoms with Crippen LogP contribution in [0, 0.1) is 5.92 Å². The Bertz CT molecular complexity index is 1270. The van der Waals surface area contributed by atoms with Crippen molar-refractivity contribution in [3.05, 3.63) is 54.7 Å². The molecule has 4 aromatic rings. The second-order valence-corrected chi connectivity index (χ2v) is 9.39. The molecule has 1 aliphatic rings. The van der Waals surface area contributed by atoms with E-state index in [1.54, 1.807) is 7.11 Å². The highest BCUT2D eigenvalue weighted by atomic mass is 32.2. The van der Waals surface area contributed by atoms with Crippen LogP contribution in [0.5, 0.6) is 5.75 Å². The van der Waals surface area contributed by atoms with Crippen LogP contribution < -0.4 is 4.74 Å². The minimum absolute atomic E-state index is 0.153. The summed E-state index contributed by atoms with van der Waals surface area (Å²) in [5, 5.41) is 10.8. The number of rotatable bonds is 6. The summed E-state index contributed by atoms with van der Waals surface area (Å²) in [6.45, 7) is 3.92. The maximum absolute atomic E-state index is 12.9. The van der Waals surface area contributed by atoms with Gasteiger partial charge in [0, 0.05) is 41.8 Å². The van der Waals surface area contributed by atoms with Gasteiger partial charge in [-0.3, -0.25) is 9.36 Å². The summed E-state index contributed by atoms with van der Waals surface area (Å²) in [5.74, 6) is 2.66. The average molecular weight is 462 g/mol. The third-order valence-corrected chi connectivity index (χ3v) is 7.15. The lowest BCUT2D eigenvalue weighted by Crippen LogP contribution is -2.38. The second-order valence-electron chi connectivity index (χ2n) is 8.44. The molecule has 0 unspecified atom stereocenters. The number of thioether (sulfide) groups is 1. The van der Waals surface area contributed by atoms with E-state index in [9.17, 15) is 4.79 Å². The molecule has 3 heterocycles. The Morgan fingerprint density at radius 1 is 1.15 bits per heavy atom. The Morgan fingerprint density at radius 3 is 2.79 bits per heavy atom. The molecule has 33 heavy (non-hydrogen) atoms. The molecule has 2 aromatic heterocycles. The lowest BCUT2D eigenvalue weighted by molar-refractivity contribution is -0.129. The van der Waals surface area contributed by atoms with Gasteiger partial charge in [0.15, 0.2) is 11.0 Å². The van der Waals surface area contributed by atoms with Crippen molar-refractivity contribution >= 4 is 28.6 Å². The van der Waals surface area contributed by atoms with Gasteiger partial charge < -0.3 is 14.6 Å². The number of aromatic amines is 1. The second kappa shape index (κ2) is 9.31. The monoisotopic (exact) mass is 461 g/mol.